The van der Waals surface area contributed by atoms with E-state index in [-0.39, 0.29) is 24.9 Å². The summed E-state index contributed by atoms with van der Waals surface area (Å²) in [7, 11) is 0. The lowest BCUT2D eigenvalue weighted by Crippen LogP contribution is -2.46. The number of ether oxygens (including phenoxy) is 1. The van der Waals surface area contributed by atoms with E-state index in [0.717, 1.165) is 109 Å². The molecule has 0 aromatic carbocycles. The van der Waals surface area contributed by atoms with E-state index >= 15 is 0 Å². The topological polar surface area (TPSA) is 95.9 Å². The first kappa shape index (κ1) is 57.0. The van der Waals surface area contributed by atoms with E-state index < -0.39 is 18.2 Å². The van der Waals surface area contributed by atoms with Crippen LogP contribution in [-0.4, -0.2) is 46.9 Å². The number of nitrogens with one attached hydrogen (secondary N) is 1. The average Bonchev–Trinajstić information content (AvgIpc) is 3.24. The number of carbonyl (C=O) groups excluding carboxylic acids is 2. The summed E-state index contributed by atoms with van der Waals surface area (Å²) in [5.74, 6) is -0.555. The van der Waals surface area contributed by atoms with E-state index in [4.69, 9.17) is 4.74 Å². The number of hydrogen-bond donors (Lipinski definition) is 3. The van der Waals surface area contributed by atoms with Crippen molar-refractivity contribution in [3.8, 4) is 0 Å². The molecule has 344 valence electrons. The van der Waals surface area contributed by atoms with E-state index in [9.17, 15) is 19.8 Å². The summed E-state index contributed by atoms with van der Waals surface area (Å²) in [4.78, 5) is 26.1. The summed E-state index contributed by atoms with van der Waals surface area (Å²) < 4.78 is 5.89. The number of hydrogen-bond acceptors (Lipinski definition) is 5. The van der Waals surface area contributed by atoms with Crippen molar-refractivity contribution in [2.75, 3.05) is 6.61 Å². The lowest BCUT2D eigenvalue weighted by Gasteiger charge is -2.24. The SMILES string of the molecule is CC/C=C/C/C=C/C/C=C/C/C=C/CCCCCC(=O)OC(CCCC/C=C/C/C=C/C/C=C/CC)CC(=O)NC(CO)C(O)CCCCCCCCCCCCCCC. The highest BCUT2D eigenvalue weighted by molar-refractivity contribution is 5.77. The molecule has 0 bridgehead atoms. The Balaban J connectivity index is 4.68. The molecule has 3 N–H and O–H groups in total. The summed E-state index contributed by atoms with van der Waals surface area (Å²) in [5, 5.41) is 23.7. The van der Waals surface area contributed by atoms with Crippen LogP contribution in [0, 0.1) is 0 Å². The molecule has 0 fully saturated rings. The highest BCUT2D eigenvalue weighted by atomic mass is 16.5. The minimum Gasteiger partial charge on any atom is -0.462 e. The number of amides is 1. The van der Waals surface area contributed by atoms with Gasteiger partial charge < -0.3 is 20.3 Å². The van der Waals surface area contributed by atoms with Crippen molar-refractivity contribution >= 4 is 11.9 Å². The molecule has 0 aliphatic carbocycles. The Morgan fingerprint density at radius 1 is 0.500 bits per heavy atom. The van der Waals surface area contributed by atoms with Crippen LogP contribution in [0.15, 0.2) is 85.1 Å². The lowest BCUT2D eigenvalue weighted by atomic mass is 10.0. The molecule has 0 aliphatic heterocycles. The van der Waals surface area contributed by atoms with Gasteiger partial charge >= 0.3 is 5.97 Å². The smallest absolute Gasteiger partial charge is 0.306 e. The molecule has 0 saturated carbocycles. The van der Waals surface area contributed by atoms with Gasteiger partial charge in [-0.2, -0.15) is 0 Å². The van der Waals surface area contributed by atoms with E-state index in [0.29, 0.717) is 19.3 Å². The average molecular weight is 836 g/mol. The number of aliphatic hydroxyl groups is 2. The van der Waals surface area contributed by atoms with Gasteiger partial charge in [0.25, 0.3) is 0 Å². The zero-order valence-corrected chi connectivity index (χ0v) is 39.1. The van der Waals surface area contributed by atoms with Gasteiger partial charge in [0.15, 0.2) is 0 Å². The summed E-state index contributed by atoms with van der Waals surface area (Å²) >= 11 is 0. The highest BCUT2D eigenvalue weighted by Gasteiger charge is 2.24. The fourth-order valence-electron chi connectivity index (χ4n) is 7.02. The third-order valence-electron chi connectivity index (χ3n) is 10.7. The van der Waals surface area contributed by atoms with Crippen LogP contribution in [0.3, 0.4) is 0 Å². The van der Waals surface area contributed by atoms with E-state index in [1.807, 2.05) is 0 Å². The molecule has 0 saturated heterocycles. The van der Waals surface area contributed by atoms with Crippen LogP contribution in [0.25, 0.3) is 0 Å². The first-order chi connectivity index (χ1) is 29.5. The molecule has 0 rings (SSSR count). The third kappa shape index (κ3) is 41.8. The first-order valence-electron chi connectivity index (χ1n) is 24.8. The number of rotatable bonds is 43. The molecule has 6 nitrogen and oxygen atoms in total. The Labute approximate surface area is 370 Å². The van der Waals surface area contributed by atoms with Gasteiger partial charge in [-0.05, 0) is 96.3 Å². The van der Waals surface area contributed by atoms with E-state index in [1.165, 1.54) is 64.2 Å². The minimum absolute atomic E-state index is 0.0344. The van der Waals surface area contributed by atoms with Gasteiger partial charge in [-0.3, -0.25) is 9.59 Å². The van der Waals surface area contributed by atoms with Gasteiger partial charge in [0, 0.05) is 6.42 Å². The van der Waals surface area contributed by atoms with Crippen LogP contribution in [0.1, 0.15) is 220 Å². The maximum atomic E-state index is 13.2. The van der Waals surface area contributed by atoms with Crippen LogP contribution >= 0.6 is 0 Å². The molecule has 0 aromatic heterocycles. The van der Waals surface area contributed by atoms with Gasteiger partial charge in [0.2, 0.25) is 5.91 Å². The predicted octanol–water partition coefficient (Wildman–Crippen LogP) is 14.8. The van der Waals surface area contributed by atoms with Crippen LogP contribution < -0.4 is 5.32 Å². The number of allylic oxidation sites excluding steroid dienone is 14. The number of aliphatic hydroxyl groups excluding tert-OH is 2. The first-order valence-corrected chi connectivity index (χ1v) is 24.8. The van der Waals surface area contributed by atoms with Crippen molar-refractivity contribution in [1.29, 1.82) is 0 Å². The predicted molar refractivity (Wildman–Crippen MR) is 259 cm³/mol. The van der Waals surface area contributed by atoms with Gasteiger partial charge in [-0.1, -0.05) is 196 Å². The molecule has 3 unspecified atom stereocenters. The molecule has 60 heavy (non-hydrogen) atoms. The summed E-state index contributed by atoms with van der Waals surface area (Å²) in [6.07, 6.45) is 60.7. The standard InChI is InChI=1S/C54H93NO5/c1-4-7-10-13-16-19-22-25-26-27-29-32-35-38-41-44-47-54(59)60-50(45-42-39-36-33-30-24-21-18-15-12-9-6-3)48-53(58)55-51(49-56)52(57)46-43-40-37-34-31-28-23-20-17-14-11-8-5-2/h7,9-10,12,16,18-19,21,25-26,29-30,32-33,50-52,56-57H,4-6,8,11,13-15,17,20,22-24,27-28,31,34-49H2,1-3H3,(H,55,58)/b10-7+,12-9+,19-16+,21-18+,26-25+,32-29+,33-30+. The number of carbonyl (C=O) groups is 2. The number of unbranched alkanes of at least 4 members (excludes halogenated alkanes) is 17. The zero-order chi connectivity index (χ0) is 43.8. The molecule has 3 atom stereocenters. The Hall–Kier alpha value is -2.96. The molecule has 0 heterocycles. The van der Waals surface area contributed by atoms with Crippen molar-refractivity contribution in [2.45, 2.75) is 238 Å². The second kappa shape index (κ2) is 47.1. The molecule has 0 spiro atoms. The minimum atomic E-state index is -0.807. The molecular weight excluding hydrogens is 743 g/mol. The monoisotopic (exact) mass is 836 g/mol. The van der Waals surface area contributed by atoms with Gasteiger partial charge in [0.1, 0.15) is 6.10 Å². The fraction of sp³-hybridized carbons (Fsp3) is 0.704. The maximum Gasteiger partial charge on any atom is 0.306 e. The normalized spacial score (nSPS) is 14.0. The molecule has 1 amide bonds. The highest BCUT2D eigenvalue weighted by Crippen LogP contribution is 2.17. The third-order valence-corrected chi connectivity index (χ3v) is 10.7. The molecule has 0 radical (unpaired) electrons. The van der Waals surface area contributed by atoms with Crippen LogP contribution in [-0.2, 0) is 14.3 Å². The molecule has 0 aromatic rings. The Bertz CT molecular complexity index is 1160. The van der Waals surface area contributed by atoms with Crippen LogP contribution in [0.2, 0.25) is 0 Å². The van der Waals surface area contributed by atoms with Crippen molar-refractivity contribution in [1.82, 2.24) is 5.32 Å². The van der Waals surface area contributed by atoms with Crippen LogP contribution in [0.4, 0.5) is 0 Å². The number of esters is 1. The summed E-state index contributed by atoms with van der Waals surface area (Å²) in [6.45, 7) is 6.22. The van der Waals surface area contributed by atoms with Crippen molar-refractivity contribution in [2.24, 2.45) is 0 Å². The Kier molecular flexibility index (Phi) is 44.8. The van der Waals surface area contributed by atoms with Gasteiger partial charge in [-0.15, -0.1) is 0 Å². The van der Waals surface area contributed by atoms with Crippen LogP contribution in [0.5, 0.6) is 0 Å². The second-order valence-electron chi connectivity index (χ2n) is 16.4. The molecule has 6 heteroatoms. The second-order valence-corrected chi connectivity index (χ2v) is 16.4. The van der Waals surface area contributed by atoms with E-state index in [1.54, 1.807) is 0 Å². The van der Waals surface area contributed by atoms with Crippen molar-refractivity contribution in [3.63, 3.8) is 0 Å². The lowest BCUT2D eigenvalue weighted by molar-refractivity contribution is -0.151. The molecular formula is C54H93NO5. The Morgan fingerprint density at radius 3 is 1.37 bits per heavy atom. The van der Waals surface area contributed by atoms with E-state index in [2.05, 4.69) is 111 Å². The zero-order valence-electron chi connectivity index (χ0n) is 39.1. The largest absolute Gasteiger partial charge is 0.462 e. The Morgan fingerprint density at radius 2 is 0.900 bits per heavy atom. The van der Waals surface area contributed by atoms with Gasteiger partial charge in [-0.25, -0.2) is 0 Å². The fourth-order valence-corrected chi connectivity index (χ4v) is 7.02. The molecule has 0 aliphatic rings. The summed E-state index contributed by atoms with van der Waals surface area (Å²) in [6, 6.07) is -0.724. The van der Waals surface area contributed by atoms with Crippen molar-refractivity contribution in [3.05, 3.63) is 85.1 Å². The van der Waals surface area contributed by atoms with Crippen molar-refractivity contribution < 1.29 is 24.5 Å². The summed E-state index contributed by atoms with van der Waals surface area (Å²) in [5.41, 5.74) is 0. The quantitative estimate of drug-likeness (QED) is 0.0323. The maximum absolute atomic E-state index is 13.2. The van der Waals surface area contributed by atoms with Gasteiger partial charge in [0.05, 0.1) is 25.2 Å².